The van der Waals surface area contributed by atoms with Crippen LogP contribution in [0.1, 0.15) is 43.0 Å². The van der Waals surface area contributed by atoms with E-state index in [0.717, 1.165) is 23.7 Å². The van der Waals surface area contributed by atoms with Crippen molar-refractivity contribution in [2.75, 3.05) is 6.54 Å². The zero-order valence-corrected chi connectivity index (χ0v) is 13.9. The van der Waals surface area contributed by atoms with E-state index in [2.05, 4.69) is 28.2 Å². The van der Waals surface area contributed by atoms with Crippen LogP contribution in [0.15, 0.2) is 22.7 Å². The number of hydrogen-bond donors (Lipinski definition) is 2. The molecule has 1 aromatic rings. The monoisotopic (exact) mass is 358 g/mol. The summed E-state index contributed by atoms with van der Waals surface area (Å²) in [7, 11) is 0. The van der Waals surface area contributed by atoms with Gasteiger partial charge in [0.05, 0.1) is 5.54 Å². The predicted octanol–water partition coefficient (Wildman–Crippen LogP) is 3.74. The van der Waals surface area contributed by atoms with Gasteiger partial charge < -0.3 is 11.1 Å². The second-order valence-corrected chi connectivity index (χ2v) is 6.97. The summed E-state index contributed by atoms with van der Waals surface area (Å²) in [5.74, 6) is 0.292. The lowest BCUT2D eigenvalue weighted by molar-refractivity contribution is 0.0812. The zero-order valence-electron chi connectivity index (χ0n) is 11.6. The van der Waals surface area contributed by atoms with Crippen molar-refractivity contribution in [1.82, 2.24) is 5.32 Å². The van der Waals surface area contributed by atoms with Crippen molar-refractivity contribution in [3.05, 3.63) is 33.3 Å². The molecule has 1 aliphatic rings. The van der Waals surface area contributed by atoms with Crippen LogP contribution in [-0.4, -0.2) is 18.0 Å². The van der Waals surface area contributed by atoms with E-state index in [1.165, 1.54) is 6.42 Å². The van der Waals surface area contributed by atoms with Gasteiger partial charge >= 0.3 is 0 Å². The lowest BCUT2D eigenvalue weighted by Gasteiger charge is -2.42. The summed E-state index contributed by atoms with van der Waals surface area (Å²) in [5.41, 5.74) is 6.24. The summed E-state index contributed by atoms with van der Waals surface area (Å²) in [6.07, 6.45) is 4.37. The van der Waals surface area contributed by atoms with E-state index in [9.17, 15) is 4.79 Å². The van der Waals surface area contributed by atoms with E-state index in [-0.39, 0.29) is 11.4 Å². The van der Waals surface area contributed by atoms with Crippen molar-refractivity contribution < 1.29 is 4.79 Å². The Kier molecular flexibility index (Phi) is 5.10. The maximum atomic E-state index is 12.5. The molecule has 0 spiro atoms. The van der Waals surface area contributed by atoms with Gasteiger partial charge in [0.2, 0.25) is 0 Å². The van der Waals surface area contributed by atoms with E-state index in [0.29, 0.717) is 23.0 Å². The Labute approximate surface area is 133 Å². The third kappa shape index (κ3) is 3.35. The molecule has 0 saturated heterocycles. The second-order valence-electron chi connectivity index (χ2n) is 5.62. The molecular weight excluding hydrogens is 340 g/mol. The van der Waals surface area contributed by atoms with Crippen molar-refractivity contribution in [3.8, 4) is 0 Å². The minimum Gasteiger partial charge on any atom is -0.345 e. The molecule has 0 radical (unpaired) electrons. The largest absolute Gasteiger partial charge is 0.345 e. The Bertz CT molecular complexity index is 488. The Morgan fingerprint density at radius 2 is 2.25 bits per heavy atom. The molecule has 2 rings (SSSR count). The van der Waals surface area contributed by atoms with Crippen molar-refractivity contribution in [1.29, 1.82) is 0 Å². The first-order valence-electron chi connectivity index (χ1n) is 6.95. The van der Waals surface area contributed by atoms with Crippen molar-refractivity contribution in [2.24, 2.45) is 11.7 Å². The van der Waals surface area contributed by atoms with E-state index in [1.54, 1.807) is 18.2 Å². The van der Waals surface area contributed by atoms with Gasteiger partial charge in [0.25, 0.3) is 5.91 Å². The third-order valence-corrected chi connectivity index (χ3v) is 4.98. The molecule has 1 aliphatic carbocycles. The highest BCUT2D eigenvalue weighted by molar-refractivity contribution is 9.10. The lowest BCUT2D eigenvalue weighted by atomic mass is 9.73. The number of amides is 1. The maximum Gasteiger partial charge on any atom is 0.251 e. The fourth-order valence-electron chi connectivity index (χ4n) is 2.94. The number of benzene rings is 1. The Balaban J connectivity index is 2.20. The highest BCUT2D eigenvalue weighted by Gasteiger charge is 2.38. The van der Waals surface area contributed by atoms with Crippen LogP contribution < -0.4 is 11.1 Å². The summed E-state index contributed by atoms with van der Waals surface area (Å²) in [4.78, 5) is 12.5. The van der Waals surface area contributed by atoms with Crippen LogP contribution in [-0.2, 0) is 0 Å². The molecule has 0 aliphatic heterocycles. The van der Waals surface area contributed by atoms with Crippen LogP contribution in [0.4, 0.5) is 0 Å². The highest BCUT2D eigenvalue weighted by Crippen LogP contribution is 2.33. The third-order valence-electron chi connectivity index (χ3n) is 4.30. The van der Waals surface area contributed by atoms with Gasteiger partial charge in [0.15, 0.2) is 0 Å². The summed E-state index contributed by atoms with van der Waals surface area (Å²) in [6.45, 7) is 2.64. The molecule has 0 heterocycles. The second kappa shape index (κ2) is 6.46. The SMILES string of the molecule is CC1CCCCC1(CN)NC(=O)c1cc(Cl)cc(Br)c1. The van der Waals surface area contributed by atoms with Crippen molar-refractivity contribution >= 4 is 33.4 Å². The van der Waals surface area contributed by atoms with E-state index >= 15 is 0 Å². The Morgan fingerprint density at radius 3 is 2.85 bits per heavy atom. The van der Waals surface area contributed by atoms with Crippen LogP contribution >= 0.6 is 27.5 Å². The average molecular weight is 360 g/mol. The minimum absolute atomic E-state index is 0.104. The van der Waals surface area contributed by atoms with Crippen LogP contribution in [0.2, 0.25) is 5.02 Å². The smallest absolute Gasteiger partial charge is 0.251 e. The molecular formula is C15H20BrClN2O. The molecule has 2 atom stereocenters. The molecule has 20 heavy (non-hydrogen) atoms. The average Bonchev–Trinajstić information content (AvgIpc) is 2.40. The zero-order chi connectivity index (χ0) is 14.8. The number of rotatable bonds is 3. The molecule has 5 heteroatoms. The van der Waals surface area contributed by atoms with E-state index in [1.807, 2.05) is 0 Å². The van der Waals surface area contributed by atoms with Gasteiger partial charge in [-0.2, -0.15) is 0 Å². The normalized spacial score (nSPS) is 26.3. The van der Waals surface area contributed by atoms with Crippen LogP contribution in [0.3, 0.4) is 0 Å². The van der Waals surface area contributed by atoms with Crippen molar-refractivity contribution in [3.63, 3.8) is 0 Å². The van der Waals surface area contributed by atoms with E-state index < -0.39 is 0 Å². The van der Waals surface area contributed by atoms with Gasteiger partial charge in [-0.1, -0.05) is 47.3 Å². The molecule has 0 bridgehead atoms. The first-order chi connectivity index (χ1) is 9.47. The van der Waals surface area contributed by atoms with Crippen LogP contribution in [0, 0.1) is 5.92 Å². The number of halogens is 2. The quantitative estimate of drug-likeness (QED) is 0.864. The van der Waals surface area contributed by atoms with Gasteiger partial charge in [0, 0.05) is 21.6 Å². The van der Waals surface area contributed by atoms with Gasteiger partial charge in [-0.05, 0) is 37.0 Å². The first kappa shape index (κ1) is 15.8. The molecule has 1 amide bonds. The maximum absolute atomic E-state index is 12.5. The number of hydrogen-bond acceptors (Lipinski definition) is 2. The molecule has 1 saturated carbocycles. The molecule has 110 valence electrons. The fraction of sp³-hybridized carbons (Fsp3) is 0.533. The molecule has 3 nitrogen and oxygen atoms in total. The molecule has 1 fully saturated rings. The van der Waals surface area contributed by atoms with E-state index in [4.69, 9.17) is 17.3 Å². The summed E-state index contributed by atoms with van der Waals surface area (Å²) in [5, 5.41) is 3.70. The molecule has 0 aromatic heterocycles. The number of nitrogens with two attached hydrogens (primary N) is 1. The Morgan fingerprint density at radius 1 is 1.50 bits per heavy atom. The van der Waals surface area contributed by atoms with Gasteiger partial charge in [-0.25, -0.2) is 0 Å². The lowest BCUT2D eigenvalue weighted by Crippen LogP contribution is -2.59. The molecule has 3 N–H and O–H groups in total. The summed E-state index contributed by atoms with van der Waals surface area (Å²) < 4.78 is 0.800. The molecule has 1 aromatic carbocycles. The summed E-state index contributed by atoms with van der Waals surface area (Å²) >= 11 is 9.36. The minimum atomic E-state index is -0.288. The van der Waals surface area contributed by atoms with Crippen molar-refractivity contribution in [2.45, 2.75) is 38.1 Å². The Hall–Kier alpha value is -0.580. The number of carbonyl (C=O) groups is 1. The predicted molar refractivity (Wildman–Crippen MR) is 86.0 cm³/mol. The van der Waals surface area contributed by atoms with Gasteiger partial charge in [-0.3, -0.25) is 4.79 Å². The topological polar surface area (TPSA) is 55.1 Å². The van der Waals surface area contributed by atoms with Gasteiger partial charge in [-0.15, -0.1) is 0 Å². The standard InChI is InChI=1S/C15H20BrClN2O/c1-10-4-2-3-5-15(10,9-18)19-14(20)11-6-12(16)8-13(17)7-11/h6-8,10H,2-5,9,18H2,1H3,(H,19,20). The first-order valence-corrected chi connectivity index (χ1v) is 8.12. The molecule has 2 unspecified atom stereocenters. The van der Waals surface area contributed by atoms with Crippen LogP contribution in [0.25, 0.3) is 0 Å². The number of nitrogens with one attached hydrogen (secondary N) is 1. The van der Waals surface area contributed by atoms with Gasteiger partial charge in [0.1, 0.15) is 0 Å². The highest BCUT2D eigenvalue weighted by atomic mass is 79.9. The fourth-order valence-corrected chi connectivity index (χ4v) is 3.80. The van der Waals surface area contributed by atoms with Crippen LogP contribution in [0.5, 0.6) is 0 Å². The summed E-state index contributed by atoms with van der Waals surface area (Å²) in [6, 6.07) is 5.22. The number of carbonyl (C=O) groups excluding carboxylic acids is 1.